The zero-order chi connectivity index (χ0) is 13.2. The highest BCUT2D eigenvalue weighted by atomic mass is 16.3. The molecule has 1 aliphatic rings. The number of rotatable bonds is 4. The number of fused-ring (bicyclic) bond motifs is 1. The van der Waals surface area contributed by atoms with E-state index in [-0.39, 0.29) is 0 Å². The third-order valence-electron chi connectivity index (χ3n) is 3.58. The van der Waals surface area contributed by atoms with Crippen molar-refractivity contribution in [2.45, 2.75) is 33.1 Å². The monoisotopic (exact) mass is 256 g/mol. The molecule has 1 N–H and O–H groups in total. The second-order valence-electron chi connectivity index (χ2n) is 5.39. The minimum absolute atomic E-state index is 0.850. The van der Waals surface area contributed by atoms with E-state index in [1.165, 1.54) is 16.7 Å². The van der Waals surface area contributed by atoms with Crippen molar-refractivity contribution in [3.05, 3.63) is 58.5 Å². The fraction of sp³-hybridized carbons (Fsp3) is 0.375. The first-order valence-electron chi connectivity index (χ1n) is 6.76. The molecule has 2 aromatic rings. The van der Waals surface area contributed by atoms with Gasteiger partial charge in [0.05, 0.1) is 6.54 Å². The van der Waals surface area contributed by atoms with Crippen LogP contribution in [0.3, 0.4) is 0 Å². The fourth-order valence-corrected chi connectivity index (χ4v) is 2.65. The van der Waals surface area contributed by atoms with Gasteiger partial charge in [-0.15, -0.1) is 0 Å². The standard InChI is InChI=1S/C16H20N2O/c1-12-3-6-16(19-12)11-18(2)10-13-4-5-14-8-17-9-15(14)7-13/h3-7,17H,8-11H2,1-2H3. The highest BCUT2D eigenvalue weighted by molar-refractivity contribution is 5.34. The molecule has 100 valence electrons. The predicted octanol–water partition coefficient (Wildman–Crippen LogP) is 2.82. The summed E-state index contributed by atoms with van der Waals surface area (Å²) in [6.07, 6.45) is 0. The van der Waals surface area contributed by atoms with Crippen LogP contribution in [-0.4, -0.2) is 11.9 Å². The van der Waals surface area contributed by atoms with Gasteiger partial charge < -0.3 is 9.73 Å². The van der Waals surface area contributed by atoms with Crippen LogP contribution >= 0.6 is 0 Å². The van der Waals surface area contributed by atoms with Gasteiger partial charge in [0.15, 0.2) is 0 Å². The molecule has 3 rings (SSSR count). The van der Waals surface area contributed by atoms with E-state index >= 15 is 0 Å². The Morgan fingerprint density at radius 2 is 1.95 bits per heavy atom. The van der Waals surface area contributed by atoms with E-state index in [2.05, 4.69) is 41.5 Å². The van der Waals surface area contributed by atoms with Crippen LogP contribution in [0, 0.1) is 6.92 Å². The van der Waals surface area contributed by atoms with Crippen LogP contribution in [0.1, 0.15) is 28.2 Å². The molecule has 0 spiro atoms. The number of nitrogens with one attached hydrogen (secondary N) is 1. The van der Waals surface area contributed by atoms with Gasteiger partial charge in [-0.05, 0) is 42.8 Å². The first-order chi connectivity index (χ1) is 9.20. The SMILES string of the molecule is Cc1ccc(CN(C)Cc2ccc3c(c2)CNC3)o1. The third kappa shape index (κ3) is 2.88. The summed E-state index contributed by atoms with van der Waals surface area (Å²) in [6, 6.07) is 10.9. The number of furan rings is 1. The van der Waals surface area contributed by atoms with Crippen molar-refractivity contribution in [2.75, 3.05) is 7.05 Å². The summed E-state index contributed by atoms with van der Waals surface area (Å²) < 4.78 is 5.61. The van der Waals surface area contributed by atoms with Crippen molar-refractivity contribution >= 4 is 0 Å². The van der Waals surface area contributed by atoms with Crippen molar-refractivity contribution in [1.29, 1.82) is 0 Å². The van der Waals surface area contributed by atoms with Crippen molar-refractivity contribution in [3.8, 4) is 0 Å². The third-order valence-corrected chi connectivity index (χ3v) is 3.58. The minimum Gasteiger partial charge on any atom is -0.465 e. The van der Waals surface area contributed by atoms with Crippen molar-refractivity contribution in [1.82, 2.24) is 10.2 Å². The van der Waals surface area contributed by atoms with Gasteiger partial charge in [-0.1, -0.05) is 18.2 Å². The van der Waals surface area contributed by atoms with Gasteiger partial charge in [-0.3, -0.25) is 4.90 Å². The predicted molar refractivity (Wildman–Crippen MR) is 75.6 cm³/mol. The summed E-state index contributed by atoms with van der Waals surface area (Å²) in [5, 5.41) is 3.38. The summed E-state index contributed by atoms with van der Waals surface area (Å²) in [5.41, 5.74) is 4.25. The minimum atomic E-state index is 0.850. The van der Waals surface area contributed by atoms with Gasteiger partial charge in [0.2, 0.25) is 0 Å². The van der Waals surface area contributed by atoms with E-state index in [9.17, 15) is 0 Å². The Morgan fingerprint density at radius 1 is 1.11 bits per heavy atom. The first kappa shape index (κ1) is 12.5. The van der Waals surface area contributed by atoms with Gasteiger partial charge in [0.1, 0.15) is 11.5 Å². The molecular weight excluding hydrogens is 236 g/mol. The molecule has 0 aliphatic carbocycles. The Balaban J connectivity index is 1.64. The maximum Gasteiger partial charge on any atom is 0.118 e. The Hall–Kier alpha value is -1.58. The largest absolute Gasteiger partial charge is 0.465 e. The number of nitrogens with zero attached hydrogens (tertiary/aromatic N) is 1. The van der Waals surface area contributed by atoms with Gasteiger partial charge in [0.25, 0.3) is 0 Å². The molecule has 0 unspecified atom stereocenters. The van der Waals surface area contributed by atoms with Crippen LogP contribution in [-0.2, 0) is 26.2 Å². The smallest absolute Gasteiger partial charge is 0.118 e. The summed E-state index contributed by atoms with van der Waals surface area (Å²) >= 11 is 0. The van der Waals surface area contributed by atoms with E-state index in [0.29, 0.717) is 0 Å². The molecular formula is C16H20N2O. The highest BCUT2D eigenvalue weighted by Gasteiger charge is 2.11. The van der Waals surface area contributed by atoms with Crippen molar-refractivity contribution in [2.24, 2.45) is 0 Å². The summed E-state index contributed by atoms with van der Waals surface area (Å²) in [5.74, 6) is 2.01. The average Bonchev–Trinajstić information content (AvgIpc) is 2.97. The molecule has 3 nitrogen and oxygen atoms in total. The summed E-state index contributed by atoms with van der Waals surface area (Å²) in [7, 11) is 2.13. The highest BCUT2D eigenvalue weighted by Crippen LogP contribution is 2.18. The van der Waals surface area contributed by atoms with E-state index in [1.54, 1.807) is 0 Å². The lowest BCUT2D eigenvalue weighted by Gasteiger charge is -2.15. The maximum atomic E-state index is 5.61. The second kappa shape index (κ2) is 5.19. The number of hydrogen-bond donors (Lipinski definition) is 1. The van der Waals surface area contributed by atoms with Gasteiger partial charge in [-0.2, -0.15) is 0 Å². The fourth-order valence-electron chi connectivity index (χ4n) is 2.65. The normalized spacial score (nSPS) is 14.1. The van der Waals surface area contributed by atoms with Gasteiger partial charge >= 0.3 is 0 Å². The van der Waals surface area contributed by atoms with Crippen LogP contribution in [0.5, 0.6) is 0 Å². The molecule has 1 aromatic heterocycles. The van der Waals surface area contributed by atoms with E-state index in [4.69, 9.17) is 4.42 Å². The Morgan fingerprint density at radius 3 is 2.74 bits per heavy atom. The lowest BCUT2D eigenvalue weighted by atomic mass is 10.1. The molecule has 2 heterocycles. The molecule has 1 aliphatic heterocycles. The van der Waals surface area contributed by atoms with Crippen molar-refractivity contribution in [3.63, 3.8) is 0 Å². The number of benzene rings is 1. The van der Waals surface area contributed by atoms with Crippen LogP contribution in [0.15, 0.2) is 34.7 Å². The quantitative estimate of drug-likeness (QED) is 0.912. The van der Waals surface area contributed by atoms with Gasteiger partial charge in [0, 0.05) is 19.6 Å². The van der Waals surface area contributed by atoms with Crippen molar-refractivity contribution < 1.29 is 4.42 Å². The topological polar surface area (TPSA) is 28.4 Å². The molecule has 19 heavy (non-hydrogen) atoms. The van der Waals surface area contributed by atoms with Gasteiger partial charge in [-0.25, -0.2) is 0 Å². The van der Waals surface area contributed by atoms with Crippen LogP contribution in [0.4, 0.5) is 0 Å². The Bertz CT molecular complexity index is 574. The Kier molecular flexibility index (Phi) is 3.40. The zero-order valence-electron chi connectivity index (χ0n) is 11.6. The molecule has 3 heteroatoms. The molecule has 0 atom stereocenters. The summed E-state index contributed by atoms with van der Waals surface area (Å²) in [6.45, 7) is 5.80. The van der Waals surface area contributed by atoms with Crippen LogP contribution in [0.2, 0.25) is 0 Å². The van der Waals surface area contributed by atoms with E-state index in [0.717, 1.165) is 37.7 Å². The molecule has 0 bridgehead atoms. The molecule has 0 amide bonds. The van der Waals surface area contributed by atoms with Crippen LogP contribution in [0.25, 0.3) is 0 Å². The first-order valence-corrected chi connectivity index (χ1v) is 6.76. The lowest BCUT2D eigenvalue weighted by Crippen LogP contribution is -2.17. The molecule has 0 saturated carbocycles. The molecule has 1 aromatic carbocycles. The second-order valence-corrected chi connectivity index (χ2v) is 5.39. The zero-order valence-corrected chi connectivity index (χ0v) is 11.6. The number of hydrogen-bond acceptors (Lipinski definition) is 3. The lowest BCUT2D eigenvalue weighted by molar-refractivity contribution is 0.285. The summed E-state index contributed by atoms with van der Waals surface area (Å²) in [4.78, 5) is 2.28. The maximum absolute atomic E-state index is 5.61. The van der Waals surface area contributed by atoms with E-state index < -0.39 is 0 Å². The van der Waals surface area contributed by atoms with E-state index in [1.807, 2.05) is 13.0 Å². The average molecular weight is 256 g/mol. The molecule has 0 radical (unpaired) electrons. The molecule has 0 fully saturated rings. The molecule has 0 saturated heterocycles. The number of aryl methyl sites for hydroxylation is 1. The van der Waals surface area contributed by atoms with Crippen LogP contribution < -0.4 is 5.32 Å². The Labute approximate surface area is 114 Å².